The average molecular weight is 281 g/mol. The van der Waals surface area contributed by atoms with Gasteiger partial charge < -0.3 is 10.6 Å². The van der Waals surface area contributed by atoms with Crippen LogP contribution >= 0.6 is 23.4 Å². The summed E-state index contributed by atoms with van der Waals surface area (Å²) in [5.41, 5.74) is 0.826. The van der Waals surface area contributed by atoms with Gasteiger partial charge in [-0.2, -0.15) is 0 Å². The number of benzene rings is 1. The molecule has 0 aliphatic heterocycles. The van der Waals surface area contributed by atoms with Crippen molar-refractivity contribution in [2.75, 3.05) is 23.9 Å². The van der Waals surface area contributed by atoms with Crippen molar-refractivity contribution in [3.8, 4) is 0 Å². The lowest BCUT2D eigenvalue weighted by Gasteiger charge is -2.09. The van der Waals surface area contributed by atoms with Crippen molar-refractivity contribution in [2.45, 2.75) is 5.16 Å². The van der Waals surface area contributed by atoms with Gasteiger partial charge in [0, 0.05) is 13.1 Å². The highest BCUT2D eigenvalue weighted by Gasteiger charge is 2.05. The molecule has 2 rings (SSSR count). The second-order valence-electron chi connectivity index (χ2n) is 3.48. The zero-order chi connectivity index (χ0) is 13.0. The van der Waals surface area contributed by atoms with E-state index in [4.69, 9.17) is 11.6 Å². The van der Waals surface area contributed by atoms with Crippen LogP contribution in [0.3, 0.4) is 0 Å². The topological polar surface area (TPSA) is 49.8 Å². The maximum Gasteiger partial charge on any atom is 0.191 e. The molecule has 18 heavy (non-hydrogen) atoms. The van der Waals surface area contributed by atoms with E-state index in [2.05, 4.69) is 20.6 Å². The lowest BCUT2D eigenvalue weighted by Crippen LogP contribution is -2.00. The summed E-state index contributed by atoms with van der Waals surface area (Å²) in [6.45, 7) is 0. The van der Waals surface area contributed by atoms with Crippen LogP contribution in [0.25, 0.3) is 0 Å². The monoisotopic (exact) mass is 280 g/mol. The third-order valence-electron chi connectivity index (χ3n) is 2.28. The van der Waals surface area contributed by atoms with E-state index in [1.54, 1.807) is 0 Å². The van der Waals surface area contributed by atoms with Gasteiger partial charge in [-0.3, -0.25) is 0 Å². The van der Waals surface area contributed by atoms with Gasteiger partial charge >= 0.3 is 0 Å². The predicted molar refractivity (Wildman–Crippen MR) is 78.1 cm³/mol. The van der Waals surface area contributed by atoms with Gasteiger partial charge in [-0.15, -0.1) is 0 Å². The number of hydrogen-bond donors (Lipinski definition) is 2. The molecule has 4 nitrogen and oxygen atoms in total. The highest BCUT2D eigenvalue weighted by Crippen LogP contribution is 2.25. The van der Waals surface area contributed by atoms with E-state index >= 15 is 0 Å². The minimum absolute atomic E-state index is 0.660. The Hall–Kier alpha value is -1.46. The second-order valence-corrected chi connectivity index (χ2v) is 4.66. The largest absolute Gasteiger partial charge is 0.373 e. The average Bonchev–Trinajstić information content (AvgIpc) is 2.41. The van der Waals surface area contributed by atoms with Gasteiger partial charge in [0.15, 0.2) is 5.16 Å². The number of anilines is 3. The number of para-hydroxylation sites is 1. The summed E-state index contributed by atoms with van der Waals surface area (Å²) in [7, 11) is 1.83. The van der Waals surface area contributed by atoms with E-state index in [1.165, 1.54) is 11.8 Å². The van der Waals surface area contributed by atoms with Gasteiger partial charge in [0.2, 0.25) is 0 Å². The highest BCUT2D eigenvalue weighted by molar-refractivity contribution is 7.98. The third-order valence-corrected chi connectivity index (χ3v) is 3.16. The van der Waals surface area contributed by atoms with Crippen LogP contribution in [-0.4, -0.2) is 23.3 Å². The van der Waals surface area contributed by atoms with E-state index < -0.39 is 0 Å². The highest BCUT2D eigenvalue weighted by atomic mass is 35.5. The Balaban J connectivity index is 2.31. The van der Waals surface area contributed by atoms with Crippen molar-refractivity contribution >= 4 is 40.7 Å². The fraction of sp³-hybridized carbons (Fsp3) is 0.167. The van der Waals surface area contributed by atoms with E-state index in [9.17, 15) is 0 Å². The normalized spacial score (nSPS) is 10.2. The van der Waals surface area contributed by atoms with Crippen molar-refractivity contribution in [3.05, 3.63) is 35.4 Å². The molecule has 1 aromatic carbocycles. The van der Waals surface area contributed by atoms with Crippen LogP contribution in [0, 0.1) is 0 Å². The summed E-state index contributed by atoms with van der Waals surface area (Å²) in [6.07, 6.45) is 1.94. The zero-order valence-electron chi connectivity index (χ0n) is 10.1. The van der Waals surface area contributed by atoms with Crippen LogP contribution in [0.1, 0.15) is 0 Å². The summed E-state index contributed by atoms with van der Waals surface area (Å²) < 4.78 is 0. The molecule has 1 aromatic heterocycles. The number of aromatic nitrogens is 2. The zero-order valence-corrected chi connectivity index (χ0v) is 11.6. The molecule has 0 radical (unpaired) electrons. The molecule has 1 heterocycles. The first-order valence-corrected chi connectivity index (χ1v) is 6.95. The first-order chi connectivity index (χ1) is 8.72. The molecule has 0 unspecified atom stereocenters. The minimum atomic E-state index is 0.660. The molecule has 0 spiro atoms. The van der Waals surface area contributed by atoms with Crippen molar-refractivity contribution in [1.29, 1.82) is 0 Å². The molecular formula is C12H13ClN4S. The van der Waals surface area contributed by atoms with Gasteiger partial charge in [0.05, 0.1) is 10.7 Å². The Kier molecular flexibility index (Phi) is 4.28. The number of rotatable bonds is 4. The van der Waals surface area contributed by atoms with Crippen LogP contribution in [0.2, 0.25) is 5.02 Å². The molecule has 0 atom stereocenters. The predicted octanol–water partition coefficient (Wildman–Crippen LogP) is 3.64. The number of halogens is 1. The lowest BCUT2D eigenvalue weighted by molar-refractivity contribution is 0.977. The van der Waals surface area contributed by atoms with Gasteiger partial charge in [0.25, 0.3) is 0 Å². The number of hydrogen-bond acceptors (Lipinski definition) is 5. The molecule has 0 amide bonds. The van der Waals surface area contributed by atoms with E-state index in [1.807, 2.05) is 43.6 Å². The summed E-state index contributed by atoms with van der Waals surface area (Å²) in [5.74, 6) is 1.48. The van der Waals surface area contributed by atoms with Crippen molar-refractivity contribution in [1.82, 2.24) is 9.97 Å². The Morgan fingerprint density at radius 1 is 1.17 bits per heavy atom. The quantitative estimate of drug-likeness (QED) is 0.661. The third kappa shape index (κ3) is 3.05. The van der Waals surface area contributed by atoms with Gasteiger partial charge in [0.1, 0.15) is 11.6 Å². The Morgan fingerprint density at radius 3 is 2.56 bits per heavy atom. The standard InChI is InChI=1S/C12H13ClN4S/c1-14-10-7-11(17-12(16-10)18-2)15-9-6-4-3-5-8(9)13/h3-7H,1-2H3,(H2,14,15,16,17). The minimum Gasteiger partial charge on any atom is -0.373 e. The summed E-state index contributed by atoms with van der Waals surface area (Å²) in [6, 6.07) is 9.38. The van der Waals surface area contributed by atoms with Crippen LogP contribution in [0.15, 0.2) is 35.5 Å². The Labute approximate surface area is 115 Å². The molecule has 2 aromatic rings. The van der Waals surface area contributed by atoms with Crippen molar-refractivity contribution < 1.29 is 0 Å². The van der Waals surface area contributed by atoms with Crippen molar-refractivity contribution in [3.63, 3.8) is 0 Å². The molecule has 0 saturated heterocycles. The molecule has 0 saturated carbocycles. The summed E-state index contributed by atoms with van der Waals surface area (Å²) in [5, 5.41) is 7.56. The van der Waals surface area contributed by atoms with Gasteiger partial charge in [-0.25, -0.2) is 9.97 Å². The van der Waals surface area contributed by atoms with Crippen LogP contribution in [-0.2, 0) is 0 Å². The van der Waals surface area contributed by atoms with E-state index in [-0.39, 0.29) is 0 Å². The fourth-order valence-electron chi connectivity index (χ4n) is 1.41. The number of nitrogens with one attached hydrogen (secondary N) is 2. The first kappa shape index (κ1) is 13.0. The summed E-state index contributed by atoms with van der Waals surface area (Å²) >= 11 is 7.59. The fourth-order valence-corrected chi connectivity index (χ4v) is 1.97. The van der Waals surface area contributed by atoms with Crippen LogP contribution in [0.5, 0.6) is 0 Å². The number of thioether (sulfide) groups is 1. The molecule has 6 heteroatoms. The van der Waals surface area contributed by atoms with E-state index in [0.29, 0.717) is 16.0 Å². The Morgan fingerprint density at radius 2 is 1.89 bits per heavy atom. The Bertz CT molecular complexity index is 525. The first-order valence-electron chi connectivity index (χ1n) is 5.35. The summed E-state index contributed by atoms with van der Waals surface area (Å²) in [4.78, 5) is 8.68. The maximum absolute atomic E-state index is 6.09. The molecule has 94 valence electrons. The molecule has 0 fully saturated rings. The van der Waals surface area contributed by atoms with Crippen molar-refractivity contribution in [2.24, 2.45) is 0 Å². The second kappa shape index (κ2) is 5.93. The lowest BCUT2D eigenvalue weighted by atomic mass is 10.3. The maximum atomic E-state index is 6.09. The van der Waals surface area contributed by atoms with E-state index in [0.717, 1.165) is 11.5 Å². The van der Waals surface area contributed by atoms with Crippen LogP contribution < -0.4 is 10.6 Å². The SMILES string of the molecule is CNc1cc(Nc2ccccc2Cl)nc(SC)n1. The van der Waals surface area contributed by atoms with Gasteiger partial charge in [-0.1, -0.05) is 35.5 Å². The van der Waals surface area contributed by atoms with Crippen LogP contribution in [0.4, 0.5) is 17.3 Å². The number of nitrogens with zero attached hydrogens (tertiary/aromatic N) is 2. The molecule has 0 aliphatic rings. The molecule has 0 aliphatic carbocycles. The molecular weight excluding hydrogens is 268 g/mol. The molecule has 2 N–H and O–H groups in total. The smallest absolute Gasteiger partial charge is 0.191 e. The van der Waals surface area contributed by atoms with Gasteiger partial charge in [-0.05, 0) is 18.4 Å². The molecule has 0 bridgehead atoms.